The third kappa shape index (κ3) is 7.24. The summed E-state index contributed by atoms with van der Waals surface area (Å²) in [6.07, 6.45) is 0.963. The number of hydrogen-bond acceptors (Lipinski definition) is 4. The van der Waals surface area contributed by atoms with Gasteiger partial charge in [-0.25, -0.2) is 8.42 Å². The van der Waals surface area contributed by atoms with E-state index in [-0.39, 0.29) is 34.2 Å². The van der Waals surface area contributed by atoms with Crippen LogP contribution in [-0.4, -0.2) is 50.0 Å². The normalized spacial score (nSPS) is 12.4. The van der Waals surface area contributed by atoms with E-state index in [0.717, 1.165) is 10.6 Å². The minimum absolute atomic E-state index is 0.000597. The number of carbonyl (C=O) groups is 2. The molecule has 0 spiro atoms. The third-order valence-electron chi connectivity index (χ3n) is 4.78. The van der Waals surface area contributed by atoms with E-state index in [1.54, 1.807) is 45.0 Å². The first-order chi connectivity index (χ1) is 15.3. The molecule has 0 aliphatic heterocycles. The van der Waals surface area contributed by atoms with Crippen molar-refractivity contribution in [1.29, 1.82) is 0 Å². The van der Waals surface area contributed by atoms with Crippen LogP contribution in [0.1, 0.15) is 26.3 Å². The van der Waals surface area contributed by atoms with Gasteiger partial charge in [0.15, 0.2) is 0 Å². The van der Waals surface area contributed by atoms with Gasteiger partial charge in [0.25, 0.3) is 0 Å². The Hall–Kier alpha value is -2.00. The lowest BCUT2D eigenvalue weighted by atomic mass is 10.1. The number of nitrogens with one attached hydrogen (secondary N) is 1. The number of nitrogens with zero attached hydrogens (tertiary/aromatic N) is 2. The van der Waals surface area contributed by atoms with Crippen LogP contribution in [-0.2, 0) is 26.2 Å². The van der Waals surface area contributed by atoms with E-state index >= 15 is 0 Å². The van der Waals surface area contributed by atoms with Crippen molar-refractivity contribution in [2.45, 2.75) is 39.4 Å². The Balaban J connectivity index is 2.45. The van der Waals surface area contributed by atoms with E-state index in [2.05, 4.69) is 5.32 Å². The van der Waals surface area contributed by atoms with Crippen LogP contribution in [0.2, 0.25) is 15.1 Å². The molecule has 2 aromatic rings. The van der Waals surface area contributed by atoms with Crippen molar-refractivity contribution in [3.8, 4) is 0 Å². The molecule has 0 aliphatic rings. The molecule has 0 bridgehead atoms. The Labute approximate surface area is 209 Å². The van der Waals surface area contributed by atoms with Crippen LogP contribution in [0, 0.1) is 0 Å². The van der Waals surface area contributed by atoms with Crippen LogP contribution in [0.4, 0.5) is 5.69 Å². The second-order valence-corrected chi connectivity index (χ2v) is 10.9. The van der Waals surface area contributed by atoms with Crippen molar-refractivity contribution in [1.82, 2.24) is 10.2 Å². The van der Waals surface area contributed by atoms with Gasteiger partial charge >= 0.3 is 0 Å². The van der Waals surface area contributed by atoms with Gasteiger partial charge in [-0.05, 0) is 44.5 Å². The number of hydrogen-bond donors (Lipinski definition) is 1. The molecule has 33 heavy (non-hydrogen) atoms. The molecule has 11 heteroatoms. The zero-order chi connectivity index (χ0) is 24.9. The monoisotopic (exact) mass is 533 g/mol. The number of rotatable bonds is 9. The van der Waals surface area contributed by atoms with Gasteiger partial charge in [-0.3, -0.25) is 13.9 Å². The molecular weight excluding hydrogens is 509 g/mol. The third-order valence-corrected chi connectivity index (χ3v) is 7.08. The van der Waals surface area contributed by atoms with Crippen LogP contribution in [0.15, 0.2) is 42.5 Å². The predicted octanol–water partition coefficient (Wildman–Crippen LogP) is 4.35. The molecule has 7 nitrogen and oxygen atoms in total. The molecule has 2 amide bonds. The molecule has 0 unspecified atom stereocenters. The van der Waals surface area contributed by atoms with Gasteiger partial charge < -0.3 is 10.2 Å². The second-order valence-electron chi connectivity index (χ2n) is 7.79. The summed E-state index contributed by atoms with van der Waals surface area (Å²) in [5.74, 6) is -0.986. The maximum atomic E-state index is 13.4. The van der Waals surface area contributed by atoms with Gasteiger partial charge in [0, 0.05) is 17.6 Å². The molecule has 0 heterocycles. The van der Waals surface area contributed by atoms with Crippen LogP contribution >= 0.6 is 34.8 Å². The molecule has 0 saturated carbocycles. The number of amides is 2. The lowest BCUT2D eigenvalue weighted by Gasteiger charge is -2.32. The summed E-state index contributed by atoms with van der Waals surface area (Å²) in [4.78, 5) is 27.4. The summed E-state index contributed by atoms with van der Waals surface area (Å²) in [5.41, 5.74) is 0.681. The maximum Gasteiger partial charge on any atom is 0.244 e. The van der Waals surface area contributed by atoms with Gasteiger partial charge in [-0.15, -0.1) is 0 Å². The molecule has 0 radical (unpaired) electrons. The molecule has 0 fully saturated rings. The Bertz CT molecular complexity index is 1130. The fourth-order valence-electron chi connectivity index (χ4n) is 3.08. The largest absolute Gasteiger partial charge is 0.352 e. The zero-order valence-electron chi connectivity index (χ0n) is 18.7. The summed E-state index contributed by atoms with van der Waals surface area (Å²) in [6.45, 7) is 4.60. The summed E-state index contributed by atoms with van der Waals surface area (Å²) >= 11 is 18.6. The highest BCUT2D eigenvalue weighted by Crippen LogP contribution is 2.33. The van der Waals surface area contributed by atoms with Crippen LogP contribution < -0.4 is 9.62 Å². The van der Waals surface area contributed by atoms with Crippen molar-refractivity contribution in [2.75, 3.05) is 17.1 Å². The Kier molecular flexibility index (Phi) is 9.43. The van der Waals surface area contributed by atoms with Gasteiger partial charge in [-0.1, -0.05) is 59.1 Å². The lowest BCUT2D eigenvalue weighted by Crippen LogP contribution is -2.52. The van der Waals surface area contributed by atoms with E-state index in [4.69, 9.17) is 34.8 Å². The summed E-state index contributed by atoms with van der Waals surface area (Å²) in [7, 11) is -3.92. The number of carbonyl (C=O) groups excluding carboxylic acids is 2. The first kappa shape index (κ1) is 27.2. The zero-order valence-corrected chi connectivity index (χ0v) is 21.8. The standard InChI is InChI=1S/C22H26Cl3N3O4S/c1-14(2)26-22(30)15(3)27(12-16-8-5-6-9-17(16)23)20(29)13-28(33(4,31)32)19-11-7-10-18(24)21(19)25/h5-11,14-15H,12-13H2,1-4H3,(H,26,30)/t15-/m1/s1. The van der Waals surface area contributed by atoms with Crippen molar-refractivity contribution in [3.63, 3.8) is 0 Å². The molecular formula is C22H26Cl3N3O4S. The van der Waals surface area contributed by atoms with E-state index in [1.807, 2.05) is 0 Å². The minimum atomic E-state index is -3.92. The number of halogens is 3. The molecule has 1 N–H and O–H groups in total. The van der Waals surface area contributed by atoms with Crippen LogP contribution in [0.5, 0.6) is 0 Å². The lowest BCUT2D eigenvalue weighted by molar-refractivity contribution is -0.139. The maximum absolute atomic E-state index is 13.4. The highest BCUT2D eigenvalue weighted by atomic mass is 35.5. The van der Waals surface area contributed by atoms with E-state index in [9.17, 15) is 18.0 Å². The fraction of sp³-hybridized carbons (Fsp3) is 0.364. The first-order valence-electron chi connectivity index (χ1n) is 10.1. The van der Waals surface area contributed by atoms with Crippen LogP contribution in [0.3, 0.4) is 0 Å². The quantitative estimate of drug-likeness (QED) is 0.518. The number of anilines is 1. The highest BCUT2D eigenvalue weighted by Gasteiger charge is 2.31. The molecule has 2 rings (SSSR count). The molecule has 0 saturated heterocycles. The first-order valence-corrected chi connectivity index (χ1v) is 13.1. The Morgan fingerprint density at radius 1 is 0.970 bits per heavy atom. The number of benzene rings is 2. The fourth-order valence-corrected chi connectivity index (χ4v) is 4.58. The topological polar surface area (TPSA) is 86.8 Å². The van der Waals surface area contributed by atoms with E-state index in [0.29, 0.717) is 10.6 Å². The summed E-state index contributed by atoms with van der Waals surface area (Å²) < 4.78 is 26.0. The minimum Gasteiger partial charge on any atom is -0.352 e. The summed E-state index contributed by atoms with van der Waals surface area (Å²) in [6, 6.07) is 10.4. The van der Waals surface area contributed by atoms with Gasteiger partial charge in [0.1, 0.15) is 12.6 Å². The molecule has 2 aromatic carbocycles. The van der Waals surface area contributed by atoms with Gasteiger partial charge in [0.05, 0.1) is 22.0 Å². The summed E-state index contributed by atoms with van der Waals surface area (Å²) in [5, 5.41) is 3.34. The molecule has 1 atom stereocenters. The average molecular weight is 535 g/mol. The van der Waals surface area contributed by atoms with Crippen LogP contribution in [0.25, 0.3) is 0 Å². The van der Waals surface area contributed by atoms with Crippen molar-refractivity contribution in [3.05, 3.63) is 63.1 Å². The second kappa shape index (κ2) is 11.4. The van der Waals surface area contributed by atoms with Crippen molar-refractivity contribution >= 4 is 62.3 Å². The van der Waals surface area contributed by atoms with E-state index in [1.165, 1.54) is 23.1 Å². The highest BCUT2D eigenvalue weighted by molar-refractivity contribution is 7.92. The SMILES string of the molecule is CC(C)NC(=O)[C@@H](C)N(Cc1ccccc1Cl)C(=O)CN(c1cccc(Cl)c1Cl)S(C)(=O)=O. The van der Waals surface area contributed by atoms with Crippen molar-refractivity contribution in [2.24, 2.45) is 0 Å². The average Bonchev–Trinajstić information content (AvgIpc) is 2.71. The predicted molar refractivity (Wildman–Crippen MR) is 133 cm³/mol. The Morgan fingerprint density at radius 2 is 1.58 bits per heavy atom. The Morgan fingerprint density at radius 3 is 2.15 bits per heavy atom. The van der Waals surface area contributed by atoms with Gasteiger partial charge in [-0.2, -0.15) is 0 Å². The van der Waals surface area contributed by atoms with E-state index < -0.39 is 28.5 Å². The van der Waals surface area contributed by atoms with Gasteiger partial charge in [0.2, 0.25) is 21.8 Å². The molecule has 180 valence electrons. The smallest absolute Gasteiger partial charge is 0.244 e. The molecule has 0 aliphatic carbocycles. The van der Waals surface area contributed by atoms with Crippen molar-refractivity contribution < 1.29 is 18.0 Å². The number of sulfonamides is 1. The molecule has 0 aromatic heterocycles.